The van der Waals surface area contributed by atoms with Gasteiger partial charge in [0.15, 0.2) is 0 Å². The summed E-state index contributed by atoms with van der Waals surface area (Å²) >= 11 is 5.68. The molecule has 1 nitrogen and oxygen atoms in total. The Bertz CT molecular complexity index is 559. The van der Waals surface area contributed by atoms with E-state index in [1.807, 2.05) is 24.3 Å². The SMILES string of the molecule is NC(Cc1ccccc1F)c1cc(Br)ccc1I. The maximum Gasteiger partial charge on any atom is 0.126 e. The summed E-state index contributed by atoms with van der Waals surface area (Å²) in [5, 5.41) is 0. The third-order valence-electron chi connectivity index (χ3n) is 2.76. The monoisotopic (exact) mass is 419 g/mol. The van der Waals surface area contributed by atoms with Gasteiger partial charge in [0.1, 0.15) is 5.82 Å². The molecule has 0 aliphatic carbocycles. The molecule has 0 saturated carbocycles. The fraction of sp³-hybridized carbons (Fsp3) is 0.143. The van der Waals surface area contributed by atoms with Crippen LogP contribution in [0.4, 0.5) is 4.39 Å². The highest BCUT2D eigenvalue weighted by molar-refractivity contribution is 14.1. The number of halogens is 3. The largest absolute Gasteiger partial charge is 0.324 e. The number of hydrogen-bond donors (Lipinski definition) is 1. The van der Waals surface area contributed by atoms with Crippen molar-refractivity contribution in [3.05, 3.63) is 67.5 Å². The summed E-state index contributed by atoms with van der Waals surface area (Å²) < 4.78 is 15.7. The molecule has 4 heteroatoms. The lowest BCUT2D eigenvalue weighted by molar-refractivity contribution is 0.593. The first-order valence-corrected chi connectivity index (χ1v) is 7.39. The summed E-state index contributed by atoms with van der Waals surface area (Å²) in [5.74, 6) is -0.196. The Labute approximate surface area is 128 Å². The highest BCUT2D eigenvalue weighted by atomic mass is 127. The Kier molecular flexibility index (Phi) is 4.75. The quantitative estimate of drug-likeness (QED) is 0.731. The highest BCUT2D eigenvalue weighted by Gasteiger charge is 2.13. The third kappa shape index (κ3) is 3.30. The molecule has 2 aromatic carbocycles. The van der Waals surface area contributed by atoms with E-state index in [9.17, 15) is 4.39 Å². The molecule has 0 aromatic heterocycles. The van der Waals surface area contributed by atoms with Crippen molar-refractivity contribution < 1.29 is 4.39 Å². The van der Waals surface area contributed by atoms with Gasteiger partial charge in [-0.2, -0.15) is 0 Å². The van der Waals surface area contributed by atoms with Gasteiger partial charge in [0.25, 0.3) is 0 Å². The molecular weight excluding hydrogens is 408 g/mol. The first kappa shape index (κ1) is 14.0. The van der Waals surface area contributed by atoms with Crippen molar-refractivity contribution in [2.24, 2.45) is 5.73 Å². The van der Waals surface area contributed by atoms with Crippen molar-refractivity contribution in [2.45, 2.75) is 12.5 Å². The van der Waals surface area contributed by atoms with Gasteiger partial charge in [-0.15, -0.1) is 0 Å². The summed E-state index contributed by atoms with van der Waals surface area (Å²) in [6, 6.07) is 12.5. The lowest BCUT2D eigenvalue weighted by Gasteiger charge is -2.15. The molecule has 0 heterocycles. The van der Waals surface area contributed by atoms with Gasteiger partial charge in [-0.3, -0.25) is 0 Å². The van der Waals surface area contributed by atoms with E-state index in [0.29, 0.717) is 12.0 Å². The van der Waals surface area contributed by atoms with E-state index in [-0.39, 0.29) is 11.9 Å². The normalized spacial score (nSPS) is 12.4. The molecular formula is C14H12BrFIN. The Hall–Kier alpha value is -0.460. The predicted molar refractivity (Wildman–Crippen MR) is 83.9 cm³/mol. The van der Waals surface area contributed by atoms with Crippen molar-refractivity contribution in [3.63, 3.8) is 0 Å². The minimum atomic E-state index is -0.202. The van der Waals surface area contributed by atoms with Crippen molar-refractivity contribution in [2.75, 3.05) is 0 Å². The maximum absolute atomic E-state index is 13.6. The van der Waals surface area contributed by atoms with Gasteiger partial charge < -0.3 is 5.73 Å². The van der Waals surface area contributed by atoms with Crippen LogP contribution < -0.4 is 5.73 Å². The fourth-order valence-corrected chi connectivity index (χ4v) is 2.92. The Balaban J connectivity index is 2.25. The molecule has 1 atom stereocenters. The average Bonchev–Trinajstić information content (AvgIpc) is 2.35. The second kappa shape index (κ2) is 6.12. The fourth-order valence-electron chi connectivity index (χ4n) is 1.81. The molecule has 2 rings (SSSR count). The smallest absolute Gasteiger partial charge is 0.126 e. The molecule has 0 bridgehead atoms. The van der Waals surface area contributed by atoms with Crippen LogP contribution in [0.25, 0.3) is 0 Å². The molecule has 2 aromatic rings. The zero-order valence-corrected chi connectivity index (χ0v) is 13.3. The van der Waals surface area contributed by atoms with Gasteiger partial charge in [0.05, 0.1) is 0 Å². The van der Waals surface area contributed by atoms with Gasteiger partial charge in [-0.25, -0.2) is 4.39 Å². The average molecular weight is 420 g/mol. The van der Waals surface area contributed by atoms with Crippen LogP contribution in [0.1, 0.15) is 17.2 Å². The molecule has 0 aliphatic rings. The van der Waals surface area contributed by atoms with Gasteiger partial charge in [-0.05, 0) is 64.4 Å². The molecule has 0 spiro atoms. The minimum Gasteiger partial charge on any atom is -0.324 e. The number of benzene rings is 2. The molecule has 0 amide bonds. The first-order valence-electron chi connectivity index (χ1n) is 5.52. The second-order valence-corrected chi connectivity index (χ2v) is 6.15. The summed E-state index contributed by atoms with van der Waals surface area (Å²) in [6.45, 7) is 0. The van der Waals surface area contributed by atoms with E-state index in [4.69, 9.17) is 5.73 Å². The van der Waals surface area contributed by atoms with Crippen LogP contribution in [0.15, 0.2) is 46.9 Å². The summed E-state index contributed by atoms with van der Waals surface area (Å²) in [4.78, 5) is 0. The molecule has 0 radical (unpaired) electrons. The van der Waals surface area contributed by atoms with Crippen LogP contribution in [-0.4, -0.2) is 0 Å². The lowest BCUT2D eigenvalue weighted by Crippen LogP contribution is -2.15. The zero-order chi connectivity index (χ0) is 13.1. The van der Waals surface area contributed by atoms with Crippen LogP contribution in [-0.2, 0) is 6.42 Å². The molecule has 1 unspecified atom stereocenters. The first-order chi connectivity index (χ1) is 8.58. The van der Waals surface area contributed by atoms with Crippen molar-refractivity contribution >= 4 is 38.5 Å². The predicted octanol–water partition coefficient (Wildman–Crippen LogP) is 4.44. The third-order valence-corrected chi connectivity index (χ3v) is 4.23. The van der Waals surface area contributed by atoms with Crippen molar-refractivity contribution in [1.29, 1.82) is 0 Å². The van der Waals surface area contributed by atoms with Crippen LogP contribution >= 0.6 is 38.5 Å². The minimum absolute atomic E-state index is 0.196. The van der Waals surface area contributed by atoms with Gasteiger partial charge in [-0.1, -0.05) is 34.1 Å². The Morgan fingerprint density at radius 2 is 1.94 bits per heavy atom. The van der Waals surface area contributed by atoms with Gasteiger partial charge >= 0.3 is 0 Å². The Morgan fingerprint density at radius 3 is 2.67 bits per heavy atom. The standard InChI is InChI=1S/C14H12BrFIN/c15-10-5-6-13(17)11(8-10)14(18)7-9-3-1-2-4-12(9)16/h1-6,8,14H,7,18H2. The molecule has 94 valence electrons. The molecule has 2 N–H and O–H groups in total. The Morgan fingerprint density at radius 1 is 1.22 bits per heavy atom. The van der Waals surface area contributed by atoms with E-state index in [2.05, 4.69) is 38.5 Å². The summed E-state index contributed by atoms with van der Waals surface area (Å²) in [6.07, 6.45) is 0.499. The van der Waals surface area contributed by atoms with E-state index < -0.39 is 0 Å². The molecule has 0 saturated heterocycles. The van der Waals surface area contributed by atoms with Crippen LogP contribution in [0.2, 0.25) is 0 Å². The van der Waals surface area contributed by atoms with Gasteiger partial charge in [0.2, 0.25) is 0 Å². The zero-order valence-electron chi connectivity index (χ0n) is 9.54. The van der Waals surface area contributed by atoms with Crippen molar-refractivity contribution in [1.82, 2.24) is 0 Å². The van der Waals surface area contributed by atoms with E-state index in [0.717, 1.165) is 13.6 Å². The molecule has 0 fully saturated rings. The van der Waals surface area contributed by atoms with E-state index in [1.54, 1.807) is 12.1 Å². The van der Waals surface area contributed by atoms with Crippen LogP contribution in [0.5, 0.6) is 0 Å². The number of nitrogens with two attached hydrogens (primary N) is 1. The number of hydrogen-bond acceptors (Lipinski definition) is 1. The maximum atomic E-state index is 13.6. The molecule has 18 heavy (non-hydrogen) atoms. The van der Waals surface area contributed by atoms with E-state index >= 15 is 0 Å². The van der Waals surface area contributed by atoms with Gasteiger partial charge in [0, 0.05) is 14.1 Å². The van der Waals surface area contributed by atoms with Crippen molar-refractivity contribution in [3.8, 4) is 0 Å². The van der Waals surface area contributed by atoms with E-state index in [1.165, 1.54) is 6.07 Å². The molecule has 0 aliphatic heterocycles. The lowest BCUT2D eigenvalue weighted by atomic mass is 9.99. The van der Waals surface area contributed by atoms with Crippen LogP contribution in [0.3, 0.4) is 0 Å². The summed E-state index contributed by atoms with van der Waals surface area (Å²) in [5.41, 5.74) is 7.86. The topological polar surface area (TPSA) is 26.0 Å². The number of rotatable bonds is 3. The second-order valence-electron chi connectivity index (χ2n) is 4.07. The summed E-state index contributed by atoms with van der Waals surface area (Å²) in [7, 11) is 0. The highest BCUT2D eigenvalue weighted by Crippen LogP contribution is 2.25. The van der Waals surface area contributed by atoms with Crippen LogP contribution in [0, 0.1) is 9.39 Å².